The van der Waals surface area contributed by atoms with Gasteiger partial charge in [0.2, 0.25) is 0 Å². The van der Waals surface area contributed by atoms with Crippen molar-refractivity contribution in [2.24, 2.45) is 4.99 Å². The van der Waals surface area contributed by atoms with Crippen LogP contribution in [-0.2, 0) is 0 Å². The van der Waals surface area contributed by atoms with Crippen LogP contribution in [0.15, 0.2) is 23.3 Å². The molecule has 1 aromatic heterocycles. The third kappa shape index (κ3) is 2.47. The van der Waals surface area contributed by atoms with Crippen LogP contribution in [0.1, 0.15) is 25.4 Å². The molecule has 0 atom stereocenters. The van der Waals surface area contributed by atoms with E-state index >= 15 is 0 Å². The number of aryl methyl sites for hydroxylation is 1. The molecule has 0 saturated heterocycles. The van der Waals surface area contributed by atoms with E-state index in [9.17, 15) is 0 Å². The van der Waals surface area contributed by atoms with Crippen LogP contribution in [0.3, 0.4) is 0 Å². The number of rotatable bonds is 2. The van der Waals surface area contributed by atoms with Gasteiger partial charge in [0, 0.05) is 12.4 Å². The summed E-state index contributed by atoms with van der Waals surface area (Å²) in [7, 11) is 0. The number of aromatic nitrogens is 2. The topological polar surface area (TPSA) is 38.1 Å². The van der Waals surface area contributed by atoms with Gasteiger partial charge in [-0.25, -0.2) is 9.97 Å². The first-order chi connectivity index (χ1) is 6.27. The van der Waals surface area contributed by atoms with Gasteiger partial charge < -0.3 is 0 Å². The van der Waals surface area contributed by atoms with E-state index in [-0.39, 0.29) is 0 Å². The average molecular weight is 175 g/mol. The molecule has 0 aliphatic rings. The number of allylic oxidation sites excluding steroid dienone is 1. The maximum Gasteiger partial charge on any atom is 0.125 e. The van der Waals surface area contributed by atoms with Crippen molar-refractivity contribution in [1.29, 1.82) is 0 Å². The minimum Gasteiger partial charge on any atom is -0.260 e. The molecule has 3 nitrogen and oxygen atoms in total. The lowest BCUT2D eigenvalue weighted by Gasteiger charge is -1.99. The van der Waals surface area contributed by atoms with E-state index in [0.717, 1.165) is 17.2 Å². The standard InChI is InChI=1S/C10H13N3/c1-4-9(11-5-2)10-6-7-12-8(3)13-10/h4-7H,1-3H3/b9-4-,11-5?. The number of hydrogen-bond donors (Lipinski definition) is 0. The summed E-state index contributed by atoms with van der Waals surface area (Å²) >= 11 is 0. The molecule has 0 aromatic carbocycles. The second kappa shape index (κ2) is 4.50. The molecule has 13 heavy (non-hydrogen) atoms. The Kier molecular flexibility index (Phi) is 3.31. The summed E-state index contributed by atoms with van der Waals surface area (Å²) in [6.07, 6.45) is 5.43. The molecule has 68 valence electrons. The maximum absolute atomic E-state index is 4.27. The van der Waals surface area contributed by atoms with E-state index in [2.05, 4.69) is 15.0 Å². The van der Waals surface area contributed by atoms with E-state index in [0.29, 0.717) is 0 Å². The van der Waals surface area contributed by atoms with Crippen molar-refractivity contribution in [2.45, 2.75) is 20.8 Å². The highest BCUT2D eigenvalue weighted by Crippen LogP contribution is 2.11. The van der Waals surface area contributed by atoms with Crippen molar-refractivity contribution >= 4 is 11.9 Å². The van der Waals surface area contributed by atoms with E-state index in [1.54, 1.807) is 12.4 Å². The molecule has 0 aliphatic heterocycles. The third-order valence-corrected chi connectivity index (χ3v) is 1.58. The molecule has 0 unspecified atom stereocenters. The van der Waals surface area contributed by atoms with Crippen LogP contribution in [0.2, 0.25) is 0 Å². The molecule has 1 aromatic rings. The zero-order valence-corrected chi connectivity index (χ0v) is 8.15. The first-order valence-corrected chi connectivity index (χ1v) is 4.23. The fourth-order valence-corrected chi connectivity index (χ4v) is 1.03. The minimum absolute atomic E-state index is 0.767. The van der Waals surface area contributed by atoms with Crippen molar-refractivity contribution in [3.63, 3.8) is 0 Å². The van der Waals surface area contributed by atoms with Gasteiger partial charge >= 0.3 is 0 Å². The van der Waals surface area contributed by atoms with Crippen LogP contribution in [0, 0.1) is 6.92 Å². The lowest BCUT2D eigenvalue weighted by molar-refractivity contribution is 1.03. The molecule has 0 bridgehead atoms. The third-order valence-electron chi connectivity index (χ3n) is 1.58. The van der Waals surface area contributed by atoms with Gasteiger partial charge in [0.05, 0.1) is 11.4 Å². The largest absolute Gasteiger partial charge is 0.260 e. The second-order valence-electron chi connectivity index (χ2n) is 2.55. The van der Waals surface area contributed by atoms with Gasteiger partial charge in [-0.2, -0.15) is 0 Å². The Labute approximate surface area is 78.3 Å². The highest BCUT2D eigenvalue weighted by Gasteiger charge is 1.99. The summed E-state index contributed by atoms with van der Waals surface area (Å²) in [6.45, 7) is 5.70. The Morgan fingerprint density at radius 1 is 1.46 bits per heavy atom. The van der Waals surface area contributed by atoms with Crippen LogP contribution in [-0.4, -0.2) is 16.2 Å². The van der Waals surface area contributed by atoms with Gasteiger partial charge in [-0.15, -0.1) is 0 Å². The van der Waals surface area contributed by atoms with Gasteiger partial charge in [0.15, 0.2) is 0 Å². The summed E-state index contributed by atoms with van der Waals surface area (Å²) < 4.78 is 0. The van der Waals surface area contributed by atoms with Crippen LogP contribution in [0.5, 0.6) is 0 Å². The van der Waals surface area contributed by atoms with E-state index in [4.69, 9.17) is 0 Å². The van der Waals surface area contributed by atoms with Crippen LogP contribution >= 0.6 is 0 Å². The highest BCUT2D eigenvalue weighted by atomic mass is 14.9. The van der Waals surface area contributed by atoms with Gasteiger partial charge in [-0.3, -0.25) is 4.99 Å². The Morgan fingerprint density at radius 2 is 2.23 bits per heavy atom. The van der Waals surface area contributed by atoms with Gasteiger partial charge in [0.25, 0.3) is 0 Å². The van der Waals surface area contributed by atoms with E-state index in [1.807, 2.05) is 32.9 Å². The van der Waals surface area contributed by atoms with Crippen LogP contribution in [0.25, 0.3) is 5.70 Å². The Morgan fingerprint density at radius 3 is 2.77 bits per heavy atom. The van der Waals surface area contributed by atoms with Gasteiger partial charge in [-0.1, -0.05) is 6.08 Å². The molecule has 0 spiro atoms. The minimum atomic E-state index is 0.767. The zero-order valence-electron chi connectivity index (χ0n) is 8.15. The highest BCUT2D eigenvalue weighted by molar-refractivity contribution is 5.70. The van der Waals surface area contributed by atoms with Crippen molar-refractivity contribution in [2.75, 3.05) is 0 Å². The Balaban J connectivity index is 3.06. The first-order valence-electron chi connectivity index (χ1n) is 4.23. The first kappa shape index (κ1) is 9.58. The van der Waals surface area contributed by atoms with Crippen molar-refractivity contribution in [3.05, 3.63) is 29.9 Å². The number of aliphatic imine (C=N–C) groups is 1. The number of hydrogen-bond acceptors (Lipinski definition) is 3. The van der Waals surface area contributed by atoms with E-state index < -0.39 is 0 Å². The summed E-state index contributed by atoms with van der Waals surface area (Å²) in [5, 5.41) is 0. The average Bonchev–Trinajstić information content (AvgIpc) is 2.14. The fraction of sp³-hybridized carbons (Fsp3) is 0.300. The molecule has 0 fully saturated rings. The summed E-state index contributed by atoms with van der Waals surface area (Å²) in [4.78, 5) is 12.5. The predicted octanol–water partition coefficient (Wildman–Crippen LogP) is 2.24. The van der Waals surface area contributed by atoms with Crippen molar-refractivity contribution in [1.82, 2.24) is 9.97 Å². The van der Waals surface area contributed by atoms with Crippen molar-refractivity contribution in [3.8, 4) is 0 Å². The van der Waals surface area contributed by atoms with Crippen LogP contribution in [0.4, 0.5) is 0 Å². The normalized spacial score (nSPS) is 12.4. The molecular formula is C10H13N3. The molecule has 0 radical (unpaired) electrons. The molecule has 0 aliphatic carbocycles. The molecular weight excluding hydrogens is 162 g/mol. The molecule has 1 rings (SSSR count). The van der Waals surface area contributed by atoms with E-state index in [1.165, 1.54) is 0 Å². The molecule has 3 heteroatoms. The maximum atomic E-state index is 4.27. The van der Waals surface area contributed by atoms with Gasteiger partial charge in [-0.05, 0) is 26.8 Å². The Bertz CT molecular complexity index is 340. The van der Waals surface area contributed by atoms with Crippen LogP contribution < -0.4 is 0 Å². The Hall–Kier alpha value is -1.51. The second-order valence-corrected chi connectivity index (χ2v) is 2.55. The summed E-state index contributed by atoms with van der Waals surface area (Å²) in [5.74, 6) is 0.767. The lowest BCUT2D eigenvalue weighted by Crippen LogP contribution is -1.92. The monoisotopic (exact) mass is 175 g/mol. The molecule has 0 saturated carbocycles. The molecule has 1 heterocycles. The zero-order chi connectivity index (χ0) is 9.68. The SMILES string of the molecule is CC=N/C(=C\C)c1ccnc(C)n1. The molecule has 0 amide bonds. The molecule has 0 N–H and O–H groups in total. The van der Waals surface area contributed by atoms with Crippen molar-refractivity contribution < 1.29 is 0 Å². The smallest absolute Gasteiger partial charge is 0.125 e. The fourth-order valence-electron chi connectivity index (χ4n) is 1.03. The summed E-state index contributed by atoms with van der Waals surface area (Å²) in [6, 6.07) is 1.86. The number of nitrogens with zero attached hydrogens (tertiary/aromatic N) is 3. The quantitative estimate of drug-likeness (QED) is 0.646. The van der Waals surface area contributed by atoms with Gasteiger partial charge in [0.1, 0.15) is 5.82 Å². The predicted molar refractivity (Wildman–Crippen MR) is 54.6 cm³/mol. The summed E-state index contributed by atoms with van der Waals surface area (Å²) in [5.41, 5.74) is 1.75. The lowest BCUT2D eigenvalue weighted by atomic mass is 10.3.